The highest BCUT2D eigenvalue weighted by Crippen LogP contribution is 2.48. The Hall–Kier alpha value is -2.14. The first-order chi connectivity index (χ1) is 13.4. The number of aromatic nitrogens is 2. The monoisotopic (exact) mass is 381 g/mol. The van der Waals surface area contributed by atoms with Crippen LogP contribution >= 0.6 is 0 Å². The molecule has 1 aromatic heterocycles. The van der Waals surface area contributed by atoms with Gasteiger partial charge in [-0.2, -0.15) is 0 Å². The molecule has 0 spiro atoms. The van der Waals surface area contributed by atoms with Gasteiger partial charge >= 0.3 is 5.97 Å². The highest BCUT2D eigenvalue weighted by atomic mass is 16.4. The van der Waals surface area contributed by atoms with Gasteiger partial charge in [0.15, 0.2) is 0 Å². The molecule has 0 radical (unpaired) electrons. The summed E-state index contributed by atoms with van der Waals surface area (Å²) in [6.07, 6.45) is 10.3. The van der Waals surface area contributed by atoms with Crippen molar-refractivity contribution >= 4 is 5.97 Å². The quantitative estimate of drug-likeness (QED) is 0.773. The van der Waals surface area contributed by atoms with E-state index >= 15 is 0 Å². The molecule has 150 valence electrons. The second-order valence-corrected chi connectivity index (χ2v) is 8.92. The van der Waals surface area contributed by atoms with E-state index in [1.807, 2.05) is 26.4 Å². The first kappa shape index (κ1) is 19.2. The molecule has 2 aromatic rings. The van der Waals surface area contributed by atoms with Crippen LogP contribution in [-0.4, -0.2) is 26.2 Å². The second kappa shape index (κ2) is 7.36. The zero-order valence-electron chi connectivity index (χ0n) is 16.8. The van der Waals surface area contributed by atoms with E-state index in [0.29, 0.717) is 5.92 Å². The standard InChI is InChI=1S/C23H31N3O2/c1-15(2)23(24,22(27)28)19(16-8-4-3-5-9-16)12-20-17-10-6-7-11-18(17)21-13-25-14-26(20)21/h6-7,10-11,13-16,19-20H,3-5,8-9,12,24H2,1-2H3,(H,27,28)/t19?,20?,23-/m0/s1. The van der Waals surface area contributed by atoms with Gasteiger partial charge in [-0.3, -0.25) is 4.79 Å². The number of fused-ring (bicyclic) bond motifs is 3. The van der Waals surface area contributed by atoms with Crippen LogP contribution in [0.4, 0.5) is 0 Å². The molecule has 1 fully saturated rings. The van der Waals surface area contributed by atoms with Gasteiger partial charge in [0.25, 0.3) is 0 Å². The van der Waals surface area contributed by atoms with Gasteiger partial charge in [-0.25, -0.2) is 4.98 Å². The minimum Gasteiger partial charge on any atom is -0.480 e. The van der Waals surface area contributed by atoms with Gasteiger partial charge in [-0.05, 0) is 29.7 Å². The Bertz CT molecular complexity index is 853. The maximum atomic E-state index is 12.4. The van der Waals surface area contributed by atoms with E-state index in [-0.39, 0.29) is 17.9 Å². The molecule has 1 aliphatic carbocycles. The second-order valence-electron chi connectivity index (χ2n) is 8.92. The maximum Gasteiger partial charge on any atom is 0.324 e. The van der Waals surface area contributed by atoms with Crippen molar-refractivity contribution in [3.05, 3.63) is 42.4 Å². The summed E-state index contributed by atoms with van der Waals surface area (Å²) in [5.41, 5.74) is 9.09. The first-order valence-electron chi connectivity index (χ1n) is 10.6. The Morgan fingerprint density at radius 1 is 1.29 bits per heavy atom. The molecule has 3 atom stereocenters. The number of nitrogens with zero attached hydrogens (tertiary/aromatic N) is 2. The lowest BCUT2D eigenvalue weighted by atomic mass is 9.64. The number of hydrogen-bond acceptors (Lipinski definition) is 3. The molecule has 1 saturated carbocycles. The fraction of sp³-hybridized carbons (Fsp3) is 0.565. The van der Waals surface area contributed by atoms with Gasteiger partial charge in [0, 0.05) is 5.56 Å². The number of hydrogen-bond donors (Lipinski definition) is 2. The molecule has 1 aromatic carbocycles. The van der Waals surface area contributed by atoms with Crippen molar-refractivity contribution in [1.82, 2.24) is 9.55 Å². The van der Waals surface area contributed by atoms with E-state index in [4.69, 9.17) is 5.73 Å². The minimum atomic E-state index is -1.22. The smallest absolute Gasteiger partial charge is 0.324 e. The number of aliphatic carboxylic acids is 1. The van der Waals surface area contributed by atoms with Crippen molar-refractivity contribution < 1.29 is 9.90 Å². The summed E-state index contributed by atoms with van der Waals surface area (Å²) >= 11 is 0. The predicted octanol–water partition coefficient (Wildman–Crippen LogP) is 4.48. The molecule has 2 aliphatic rings. The maximum absolute atomic E-state index is 12.4. The first-order valence-corrected chi connectivity index (χ1v) is 10.6. The van der Waals surface area contributed by atoms with E-state index in [0.717, 1.165) is 25.0 Å². The number of nitrogens with two attached hydrogens (primary N) is 1. The third kappa shape index (κ3) is 2.96. The molecule has 1 aliphatic heterocycles. The highest BCUT2D eigenvalue weighted by molar-refractivity contribution is 5.79. The van der Waals surface area contributed by atoms with E-state index in [9.17, 15) is 9.90 Å². The zero-order chi connectivity index (χ0) is 19.9. The highest BCUT2D eigenvalue weighted by Gasteiger charge is 2.49. The summed E-state index contributed by atoms with van der Waals surface area (Å²) < 4.78 is 2.21. The number of carbonyl (C=O) groups is 1. The number of carboxylic acids is 1. The van der Waals surface area contributed by atoms with E-state index in [1.165, 1.54) is 30.4 Å². The van der Waals surface area contributed by atoms with Crippen LogP contribution < -0.4 is 5.73 Å². The molecule has 2 heterocycles. The van der Waals surface area contributed by atoms with Crippen molar-refractivity contribution in [3.8, 4) is 11.3 Å². The summed E-state index contributed by atoms with van der Waals surface area (Å²) in [6.45, 7) is 3.91. The predicted molar refractivity (Wildman–Crippen MR) is 110 cm³/mol. The summed E-state index contributed by atoms with van der Waals surface area (Å²) in [5.74, 6) is -0.709. The Balaban J connectivity index is 1.75. The van der Waals surface area contributed by atoms with Gasteiger partial charge in [0.2, 0.25) is 0 Å². The van der Waals surface area contributed by atoms with Crippen LogP contribution in [0.15, 0.2) is 36.8 Å². The number of carboxylic acid groups (broad SMARTS) is 1. The van der Waals surface area contributed by atoms with Crippen molar-refractivity contribution in [1.29, 1.82) is 0 Å². The molecular formula is C23H31N3O2. The lowest BCUT2D eigenvalue weighted by molar-refractivity contribution is -0.149. The average molecular weight is 382 g/mol. The van der Waals surface area contributed by atoms with Crippen molar-refractivity contribution in [2.24, 2.45) is 23.5 Å². The molecule has 4 rings (SSSR count). The fourth-order valence-corrected chi connectivity index (χ4v) is 5.56. The molecular weight excluding hydrogens is 350 g/mol. The van der Waals surface area contributed by atoms with Crippen LogP contribution in [0.25, 0.3) is 11.3 Å². The number of rotatable bonds is 6. The lowest BCUT2D eigenvalue weighted by Gasteiger charge is -2.44. The number of benzene rings is 1. The van der Waals surface area contributed by atoms with Crippen LogP contribution in [-0.2, 0) is 4.79 Å². The van der Waals surface area contributed by atoms with Crippen LogP contribution in [0.3, 0.4) is 0 Å². The Morgan fingerprint density at radius 2 is 2.00 bits per heavy atom. The molecule has 0 amide bonds. The normalized spacial score (nSPS) is 22.5. The van der Waals surface area contributed by atoms with E-state index in [2.05, 4.69) is 33.8 Å². The third-order valence-electron chi connectivity index (χ3n) is 7.23. The van der Waals surface area contributed by atoms with Crippen LogP contribution in [0.1, 0.15) is 64.0 Å². The van der Waals surface area contributed by atoms with E-state index in [1.54, 1.807) is 0 Å². The Labute approximate surface area is 167 Å². The summed E-state index contributed by atoms with van der Waals surface area (Å²) in [4.78, 5) is 16.8. The average Bonchev–Trinajstić information content (AvgIpc) is 3.28. The molecule has 28 heavy (non-hydrogen) atoms. The SMILES string of the molecule is CC(C)[C@@](N)(C(=O)O)C(CC1c2ccccc2-c2cncn21)C1CCCCC1. The summed E-state index contributed by atoms with van der Waals surface area (Å²) in [6, 6.07) is 8.51. The lowest BCUT2D eigenvalue weighted by Crippen LogP contribution is -2.60. The van der Waals surface area contributed by atoms with Crippen LogP contribution in [0.2, 0.25) is 0 Å². The van der Waals surface area contributed by atoms with Crippen LogP contribution in [0, 0.1) is 17.8 Å². The van der Waals surface area contributed by atoms with Gasteiger partial charge in [0.1, 0.15) is 5.54 Å². The van der Waals surface area contributed by atoms with Crippen molar-refractivity contribution in [2.75, 3.05) is 0 Å². The Morgan fingerprint density at radius 3 is 2.68 bits per heavy atom. The Kier molecular flexibility index (Phi) is 5.04. The van der Waals surface area contributed by atoms with Gasteiger partial charge < -0.3 is 15.4 Å². The summed E-state index contributed by atoms with van der Waals surface area (Å²) in [5, 5.41) is 10.2. The molecule has 3 N–H and O–H groups in total. The molecule has 0 saturated heterocycles. The molecule has 5 nitrogen and oxygen atoms in total. The zero-order valence-corrected chi connectivity index (χ0v) is 16.8. The largest absolute Gasteiger partial charge is 0.480 e. The van der Waals surface area contributed by atoms with Gasteiger partial charge in [-0.1, -0.05) is 70.2 Å². The minimum absolute atomic E-state index is 0.0725. The molecule has 2 unspecified atom stereocenters. The molecule has 5 heteroatoms. The fourth-order valence-electron chi connectivity index (χ4n) is 5.56. The molecule has 0 bridgehead atoms. The topological polar surface area (TPSA) is 81.1 Å². The number of imidazole rings is 1. The third-order valence-corrected chi connectivity index (χ3v) is 7.23. The van der Waals surface area contributed by atoms with E-state index < -0.39 is 11.5 Å². The summed E-state index contributed by atoms with van der Waals surface area (Å²) in [7, 11) is 0. The van der Waals surface area contributed by atoms with Crippen molar-refractivity contribution in [2.45, 2.75) is 64.0 Å². The van der Waals surface area contributed by atoms with Crippen LogP contribution in [0.5, 0.6) is 0 Å². The van der Waals surface area contributed by atoms with Crippen molar-refractivity contribution in [3.63, 3.8) is 0 Å². The van der Waals surface area contributed by atoms with Gasteiger partial charge in [0.05, 0.1) is 24.3 Å². The van der Waals surface area contributed by atoms with Gasteiger partial charge in [-0.15, -0.1) is 0 Å².